The lowest BCUT2D eigenvalue weighted by molar-refractivity contribution is 0.00578. The molecule has 0 aromatic carbocycles. The number of ether oxygens (including phenoxy) is 1. The molecule has 1 aliphatic rings. The van der Waals surface area contributed by atoms with Crippen molar-refractivity contribution in [1.29, 1.82) is 0 Å². The molecular formula is C17H26BFN2O4. The van der Waals surface area contributed by atoms with Crippen LogP contribution in [-0.2, 0) is 14.0 Å². The SMILES string of the molecule is CN(C(=O)OC(C)(C)C)c1cc(B2OC(C)(C)C(C)(C)O2)cc(F)n1. The van der Waals surface area contributed by atoms with Gasteiger partial charge in [-0.05, 0) is 66.1 Å². The third kappa shape index (κ3) is 4.30. The van der Waals surface area contributed by atoms with Crippen LogP contribution in [0.4, 0.5) is 15.0 Å². The quantitative estimate of drug-likeness (QED) is 0.605. The first-order valence-electron chi connectivity index (χ1n) is 8.22. The van der Waals surface area contributed by atoms with Gasteiger partial charge in [0, 0.05) is 7.05 Å². The second-order valence-corrected chi connectivity index (χ2v) is 8.21. The molecule has 1 aromatic rings. The summed E-state index contributed by atoms with van der Waals surface area (Å²) in [5.41, 5.74) is -1.30. The maximum Gasteiger partial charge on any atom is 0.495 e. The predicted octanol–water partition coefficient (Wildman–Crippen LogP) is 2.89. The van der Waals surface area contributed by atoms with Crippen LogP contribution in [-0.4, -0.2) is 42.0 Å². The van der Waals surface area contributed by atoms with Gasteiger partial charge in [0.05, 0.1) is 11.2 Å². The molecular weight excluding hydrogens is 326 g/mol. The third-order valence-electron chi connectivity index (χ3n) is 4.34. The van der Waals surface area contributed by atoms with E-state index in [0.29, 0.717) is 5.46 Å². The average Bonchev–Trinajstić information content (AvgIpc) is 2.64. The van der Waals surface area contributed by atoms with Gasteiger partial charge in [-0.2, -0.15) is 4.39 Å². The van der Waals surface area contributed by atoms with Crippen molar-refractivity contribution in [3.05, 3.63) is 18.1 Å². The van der Waals surface area contributed by atoms with Crippen LogP contribution in [0.3, 0.4) is 0 Å². The number of anilines is 1. The van der Waals surface area contributed by atoms with E-state index in [0.717, 1.165) is 4.90 Å². The molecule has 0 aliphatic carbocycles. The molecule has 1 aromatic heterocycles. The number of hydrogen-bond acceptors (Lipinski definition) is 5. The Kier molecular flexibility index (Phi) is 4.91. The molecule has 0 bridgehead atoms. The van der Waals surface area contributed by atoms with E-state index in [-0.39, 0.29) is 5.82 Å². The van der Waals surface area contributed by atoms with E-state index in [9.17, 15) is 9.18 Å². The molecule has 8 heteroatoms. The summed E-state index contributed by atoms with van der Waals surface area (Å²) in [6, 6.07) is 2.81. The number of halogens is 1. The van der Waals surface area contributed by atoms with Gasteiger partial charge < -0.3 is 14.0 Å². The zero-order valence-electron chi connectivity index (χ0n) is 16.1. The van der Waals surface area contributed by atoms with Crippen molar-refractivity contribution in [3.63, 3.8) is 0 Å². The van der Waals surface area contributed by atoms with E-state index in [2.05, 4.69) is 4.98 Å². The van der Waals surface area contributed by atoms with Crippen LogP contribution in [0.2, 0.25) is 0 Å². The lowest BCUT2D eigenvalue weighted by atomic mass is 9.79. The van der Waals surface area contributed by atoms with E-state index >= 15 is 0 Å². The number of hydrogen-bond donors (Lipinski definition) is 0. The summed E-state index contributed by atoms with van der Waals surface area (Å²) in [5.74, 6) is -0.600. The zero-order chi connectivity index (χ0) is 19.2. The highest BCUT2D eigenvalue weighted by Gasteiger charge is 2.52. The molecule has 1 amide bonds. The van der Waals surface area contributed by atoms with Crippen LogP contribution in [0.25, 0.3) is 0 Å². The summed E-state index contributed by atoms with van der Waals surface area (Å²) in [6.07, 6.45) is -0.620. The maximum atomic E-state index is 14.0. The first-order chi connectivity index (χ1) is 11.2. The van der Waals surface area contributed by atoms with E-state index in [4.69, 9.17) is 14.0 Å². The number of aromatic nitrogens is 1. The van der Waals surface area contributed by atoms with Gasteiger partial charge in [-0.3, -0.25) is 4.90 Å². The van der Waals surface area contributed by atoms with E-state index in [1.54, 1.807) is 26.8 Å². The first-order valence-corrected chi connectivity index (χ1v) is 8.22. The highest BCUT2D eigenvalue weighted by atomic mass is 19.1. The molecule has 0 spiro atoms. The molecule has 0 atom stereocenters. The summed E-state index contributed by atoms with van der Waals surface area (Å²) < 4.78 is 31.2. The number of rotatable bonds is 2. The minimum Gasteiger partial charge on any atom is -0.443 e. The summed E-state index contributed by atoms with van der Waals surface area (Å²) in [4.78, 5) is 17.1. The van der Waals surface area contributed by atoms with Gasteiger partial charge in [-0.1, -0.05) is 0 Å². The normalized spacial score (nSPS) is 19.0. The molecule has 1 aliphatic heterocycles. The van der Waals surface area contributed by atoms with Gasteiger partial charge in [-0.15, -0.1) is 0 Å². The predicted molar refractivity (Wildman–Crippen MR) is 94.5 cm³/mol. The number of carbonyl (C=O) groups is 1. The van der Waals surface area contributed by atoms with Crippen molar-refractivity contribution in [2.24, 2.45) is 0 Å². The van der Waals surface area contributed by atoms with Gasteiger partial charge in [0.1, 0.15) is 11.4 Å². The summed E-state index contributed by atoms with van der Waals surface area (Å²) in [7, 11) is 0.734. The maximum absolute atomic E-state index is 14.0. The Bertz CT molecular complexity index is 657. The minimum atomic E-state index is -0.742. The fourth-order valence-electron chi connectivity index (χ4n) is 2.21. The fourth-order valence-corrected chi connectivity index (χ4v) is 2.21. The van der Waals surface area contributed by atoms with Gasteiger partial charge in [0.15, 0.2) is 0 Å². The van der Waals surface area contributed by atoms with E-state index < -0.39 is 36.0 Å². The van der Waals surface area contributed by atoms with Crippen molar-refractivity contribution in [2.45, 2.75) is 65.3 Å². The van der Waals surface area contributed by atoms with Gasteiger partial charge >= 0.3 is 13.2 Å². The van der Waals surface area contributed by atoms with Crippen molar-refractivity contribution in [2.75, 3.05) is 11.9 Å². The fraction of sp³-hybridized carbons (Fsp3) is 0.647. The Labute approximate surface area is 148 Å². The molecule has 25 heavy (non-hydrogen) atoms. The summed E-state index contributed by atoms with van der Waals surface area (Å²) in [5, 5.41) is 0. The number of carbonyl (C=O) groups excluding carboxylic acids is 1. The first kappa shape index (κ1) is 19.7. The van der Waals surface area contributed by atoms with Crippen LogP contribution in [0.15, 0.2) is 12.1 Å². The molecule has 0 N–H and O–H groups in total. The standard InChI is InChI=1S/C17H26BFN2O4/c1-15(2,3)23-14(22)21(8)13-10-11(9-12(19)20-13)18-24-16(4,5)17(6,7)25-18/h9-10H,1-8H3. The number of amides is 1. The van der Waals surface area contributed by atoms with Crippen LogP contribution < -0.4 is 10.4 Å². The summed E-state index contributed by atoms with van der Waals surface area (Å²) in [6.45, 7) is 12.9. The molecule has 2 rings (SSSR count). The molecule has 6 nitrogen and oxygen atoms in total. The van der Waals surface area contributed by atoms with Gasteiger partial charge in [0.25, 0.3) is 0 Å². The number of nitrogens with zero attached hydrogens (tertiary/aromatic N) is 2. The third-order valence-corrected chi connectivity index (χ3v) is 4.34. The Morgan fingerprint density at radius 2 is 1.72 bits per heavy atom. The van der Waals surface area contributed by atoms with Crippen molar-refractivity contribution in [1.82, 2.24) is 4.98 Å². The van der Waals surface area contributed by atoms with Crippen molar-refractivity contribution >= 4 is 24.5 Å². The highest BCUT2D eigenvalue weighted by molar-refractivity contribution is 6.62. The Morgan fingerprint density at radius 1 is 1.20 bits per heavy atom. The molecule has 1 saturated heterocycles. The van der Waals surface area contributed by atoms with Crippen LogP contribution >= 0.6 is 0 Å². The van der Waals surface area contributed by atoms with Crippen molar-refractivity contribution in [3.8, 4) is 0 Å². The Balaban J connectivity index is 2.28. The number of pyridine rings is 1. The second kappa shape index (κ2) is 6.25. The minimum absolute atomic E-state index is 0.124. The van der Waals surface area contributed by atoms with E-state index in [1.165, 1.54) is 13.1 Å². The molecule has 0 unspecified atom stereocenters. The lowest BCUT2D eigenvalue weighted by Gasteiger charge is -2.32. The topological polar surface area (TPSA) is 60.9 Å². The Morgan fingerprint density at radius 3 is 2.20 bits per heavy atom. The molecule has 0 radical (unpaired) electrons. The van der Waals surface area contributed by atoms with Gasteiger partial charge in [0.2, 0.25) is 5.95 Å². The molecule has 138 valence electrons. The van der Waals surface area contributed by atoms with Crippen LogP contribution in [0.5, 0.6) is 0 Å². The molecule has 1 fully saturated rings. The molecule has 2 heterocycles. The van der Waals surface area contributed by atoms with E-state index in [1.807, 2.05) is 27.7 Å². The monoisotopic (exact) mass is 352 g/mol. The Hall–Kier alpha value is -1.67. The van der Waals surface area contributed by atoms with Crippen LogP contribution in [0.1, 0.15) is 48.5 Å². The summed E-state index contributed by atoms with van der Waals surface area (Å²) >= 11 is 0. The highest BCUT2D eigenvalue weighted by Crippen LogP contribution is 2.36. The van der Waals surface area contributed by atoms with Gasteiger partial charge in [-0.25, -0.2) is 9.78 Å². The van der Waals surface area contributed by atoms with Crippen molar-refractivity contribution < 1.29 is 23.2 Å². The smallest absolute Gasteiger partial charge is 0.443 e. The zero-order valence-corrected chi connectivity index (χ0v) is 16.1. The largest absolute Gasteiger partial charge is 0.495 e. The van der Waals surface area contributed by atoms with Crippen LogP contribution in [0, 0.1) is 5.95 Å². The molecule has 0 saturated carbocycles. The lowest BCUT2D eigenvalue weighted by Crippen LogP contribution is -2.41. The second-order valence-electron chi connectivity index (χ2n) is 8.21. The average molecular weight is 352 g/mol.